The summed E-state index contributed by atoms with van der Waals surface area (Å²) in [6, 6.07) is 0. The summed E-state index contributed by atoms with van der Waals surface area (Å²) in [4.78, 5) is 0. The van der Waals surface area contributed by atoms with Gasteiger partial charge in [-0.1, -0.05) is 32.1 Å². The maximum Gasteiger partial charge on any atom is 0.195 e. The van der Waals surface area contributed by atoms with Crippen LogP contribution in [0.5, 0.6) is 0 Å². The Hall–Kier alpha value is -0.160. The van der Waals surface area contributed by atoms with Gasteiger partial charge >= 0.3 is 0 Å². The second kappa shape index (κ2) is 7.40. The maximum absolute atomic E-state index is 6.22. The first-order chi connectivity index (χ1) is 10.3. The van der Waals surface area contributed by atoms with Crippen LogP contribution in [0, 0.1) is 5.92 Å². The third-order valence-electron chi connectivity index (χ3n) is 5.10. The summed E-state index contributed by atoms with van der Waals surface area (Å²) in [5, 5.41) is 0. The summed E-state index contributed by atoms with van der Waals surface area (Å²) in [6.45, 7) is 4.12. The summed E-state index contributed by atoms with van der Waals surface area (Å²) in [5.74, 6) is 0.215. The third kappa shape index (κ3) is 3.98. The molecule has 3 fully saturated rings. The molecule has 1 aliphatic carbocycles. The van der Waals surface area contributed by atoms with Crippen molar-refractivity contribution in [3.8, 4) is 0 Å². The van der Waals surface area contributed by atoms with Crippen molar-refractivity contribution in [2.75, 3.05) is 19.8 Å². The largest absolute Gasteiger partial charge is 0.373 e. The predicted molar refractivity (Wildman–Crippen MR) is 80.0 cm³/mol. The van der Waals surface area contributed by atoms with Crippen molar-refractivity contribution in [3.63, 3.8) is 0 Å². The van der Waals surface area contributed by atoms with Crippen LogP contribution in [0.15, 0.2) is 0 Å². The Kier molecular flexibility index (Phi) is 5.54. The molecule has 21 heavy (non-hydrogen) atoms. The van der Waals surface area contributed by atoms with Gasteiger partial charge in [-0.3, -0.25) is 0 Å². The average molecular weight is 298 g/mol. The Morgan fingerprint density at radius 1 is 1.05 bits per heavy atom. The molecule has 0 radical (unpaired) electrons. The maximum atomic E-state index is 6.22. The smallest absolute Gasteiger partial charge is 0.195 e. The Bertz CT molecular complexity index is 314. The van der Waals surface area contributed by atoms with Gasteiger partial charge in [0.1, 0.15) is 12.7 Å². The summed E-state index contributed by atoms with van der Waals surface area (Å²) in [7, 11) is 0. The van der Waals surface area contributed by atoms with Crippen molar-refractivity contribution in [2.45, 2.75) is 82.9 Å². The quantitative estimate of drug-likeness (QED) is 0.776. The molecule has 4 heteroatoms. The molecule has 0 spiro atoms. The van der Waals surface area contributed by atoms with Gasteiger partial charge in [-0.05, 0) is 32.1 Å². The Labute approximate surface area is 128 Å². The highest BCUT2D eigenvalue weighted by molar-refractivity contribution is 4.87. The summed E-state index contributed by atoms with van der Waals surface area (Å²) < 4.78 is 23.7. The van der Waals surface area contributed by atoms with E-state index in [1.807, 2.05) is 6.92 Å². The van der Waals surface area contributed by atoms with Gasteiger partial charge in [-0.15, -0.1) is 0 Å². The van der Waals surface area contributed by atoms with Gasteiger partial charge in [0.05, 0.1) is 6.61 Å². The van der Waals surface area contributed by atoms with E-state index in [-0.39, 0.29) is 12.4 Å². The highest BCUT2D eigenvalue weighted by atomic mass is 16.8. The zero-order valence-corrected chi connectivity index (χ0v) is 13.4. The molecular formula is C17H30O4. The molecule has 3 atom stereocenters. The zero-order valence-electron chi connectivity index (χ0n) is 13.4. The molecular weight excluding hydrogens is 268 g/mol. The van der Waals surface area contributed by atoms with Gasteiger partial charge in [0.2, 0.25) is 0 Å². The molecule has 3 rings (SSSR count). The minimum Gasteiger partial charge on any atom is -0.373 e. The fraction of sp³-hybridized carbons (Fsp3) is 1.00. The van der Waals surface area contributed by atoms with E-state index in [9.17, 15) is 0 Å². The Morgan fingerprint density at radius 2 is 1.81 bits per heavy atom. The van der Waals surface area contributed by atoms with Gasteiger partial charge in [0.15, 0.2) is 12.1 Å². The average Bonchev–Trinajstić information content (AvgIpc) is 2.80. The number of hydrogen-bond acceptors (Lipinski definition) is 4. The van der Waals surface area contributed by atoms with Gasteiger partial charge < -0.3 is 18.9 Å². The molecule has 2 saturated heterocycles. The van der Waals surface area contributed by atoms with Crippen LogP contribution < -0.4 is 0 Å². The summed E-state index contributed by atoms with van der Waals surface area (Å²) in [6.07, 6.45) is 11.2. The Balaban J connectivity index is 1.47. The van der Waals surface area contributed by atoms with Crippen LogP contribution >= 0.6 is 0 Å². The van der Waals surface area contributed by atoms with E-state index in [4.69, 9.17) is 18.9 Å². The molecule has 0 aromatic heterocycles. The zero-order chi connectivity index (χ0) is 14.5. The monoisotopic (exact) mass is 298 g/mol. The molecule has 122 valence electrons. The van der Waals surface area contributed by atoms with Crippen LogP contribution in [0.2, 0.25) is 0 Å². The third-order valence-corrected chi connectivity index (χ3v) is 5.10. The standard InChI is InChI=1S/C17H30O4/c1-2-18-15-10-11-17(13-19-16(15)21-17)20-12-14-8-6-4-3-5-7-9-14/h14-16H,2-13H2,1H3/t15-,16?,17-/m1/s1. The van der Waals surface area contributed by atoms with Crippen molar-refractivity contribution in [3.05, 3.63) is 0 Å². The van der Waals surface area contributed by atoms with E-state index in [0.29, 0.717) is 19.1 Å². The van der Waals surface area contributed by atoms with Crippen LogP contribution in [0.1, 0.15) is 64.7 Å². The van der Waals surface area contributed by atoms with Crippen LogP contribution in [0.4, 0.5) is 0 Å². The second-order valence-electron chi connectivity index (χ2n) is 6.76. The molecule has 1 unspecified atom stereocenters. The normalized spacial score (nSPS) is 38.1. The van der Waals surface area contributed by atoms with E-state index >= 15 is 0 Å². The molecule has 3 aliphatic rings. The van der Waals surface area contributed by atoms with Gasteiger partial charge in [-0.25, -0.2) is 0 Å². The minimum absolute atomic E-state index is 0.0793. The topological polar surface area (TPSA) is 36.9 Å². The molecule has 2 aliphatic heterocycles. The summed E-state index contributed by atoms with van der Waals surface area (Å²) >= 11 is 0. The molecule has 0 amide bonds. The first-order valence-electron chi connectivity index (χ1n) is 8.86. The van der Waals surface area contributed by atoms with Crippen molar-refractivity contribution in [1.29, 1.82) is 0 Å². The van der Waals surface area contributed by atoms with E-state index in [1.165, 1.54) is 44.9 Å². The van der Waals surface area contributed by atoms with Crippen molar-refractivity contribution in [2.24, 2.45) is 5.92 Å². The number of rotatable bonds is 5. The highest BCUT2D eigenvalue weighted by Gasteiger charge is 2.50. The molecule has 0 aromatic carbocycles. The van der Waals surface area contributed by atoms with Gasteiger partial charge in [0.25, 0.3) is 0 Å². The molecule has 0 N–H and O–H groups in total. The van der Waals surface area contributed by atoms with E-state index in [1.54, 1.807) is 0 Å². The first kappa shape index (κ1) is 15.7. The van der Waals surface area contributed by atoms with Gasteiger partial charge in [-0.2, -0.15) is 0 Å². The van der Waals surface area contributed by atoms with Gasteiger partial charge in [0, 0.05) is 13.0 Å². The molecule has 4 nitrogen and oxygen atoms in total. The SMILES string of the molecule is CCO[C@@H]1CC[C@]2(OCC3CCCCCCC3)COC1O2. The lowest BCUT2D eigenvalue weighted by molar-refractivity contribution is -0.278. The van der Waals surface area contributed by atoms with Crippen molar-refractivity contribution in [1.82, 2.24) is 0 Å². The van der Waals surface area contributed by atoms with Crippen LogP contribution in [-0.2, 0) is 18.9 Å². The minimum atomic E-state index is -0.485. The van der Waals surface area contributed by atoms with Crippen molar-refractivity contribution >= 4 is 0 Å². The molecule has 1 saturated carbocycles. The predicted octanol–water partition coefficient (Wildman–Crippen LogP) is 3.63. The second-order valence-corrected chi connectivity index (χ2v) is 6.76. The van der Waals surface area contributed by atoms with Crippen LogP contribution in [0.3, 0.4) is 0 Å². The number of hydrogen-bond donors (Lipinski definition) is 0. The lowest BCUT2D eigenvalue weighted by Gasteiger charge is -2.36. The van der Waals surface area contributed by atoms with Crippen molar-refractivity contribution < 1.29 is 18.9 Å². The lowest BCUT2D eigenvalue weighted by atomic mass is 9.92. The fourth-order valence-electron chi connectivity index (χ4n) is 3.80. The number of fused-ring (bicyclic) bond motifs is 2. The lowest BCUT2D eigenvalue weighted by Crippen LogP contribution is -2.44. The summed E-state index contributed by atoms with van der Waals surface area (Å²) in [5.41, 5.74) is 0. The van der Waals surface area contributed by atoms with Crippen LogP contribution in [-0.4, -0.2) is 38.0 Å². The Morgan fingerprint density at radius 3 is 2.57 bits per heavy atom. The highest BCUT2D eigenvalue weighted by Crippen LogP contribution is 2.39. The molecule has 2 heterocycles. The molecule has 2 bridgehead atoms. The van der Waals surface area contributed by atoms with Crippen LogP contribution in [0.25, 0.3) is 0 Å². The van der Waals surface area contributed by atoms with E-state index in [2.05, 4.69) is 0 Å². The fourth-order valence-corrected chi connectivity index (χ4v) is 3.80. The van der Waals surface area contributed by atoms with E-state index < -0.39 is 5.79 Å². The molecule has 0 aromatic rings. The van der Waals surface area contributed by atoms with E-state index in [0.717, 1.165) is 19.4 Å². The number of ether oxygens (including phenoxy) is 4. The first-order valence-corrected chi connectivity index (χ1v) is 8.86.